The average molecular weight is 332 g/mol. The Balaban J connectivity index is 1.88. The maximum atomic E-state index is 13.7. The summed E-state index contributed by atoms with van der Waals surface area (Å²) >= 11 is 2.89. The van der Waals surface area contributed by atoms with Gasteiger partial charge in [0, 0.05) is 0 Å². The Hall–Kier alpha value is -2.05. The van der Waals surface area contributed by atoms with Gasteiger partial charge in [-0.1, -0.05) is 12.1 Å². The van der Waals surface area contributed by atoms with Gasteiger partial charge in [0.15, 0.2) is 0 Å². The molecule has 22 heavy (non-hydrogen) atoms. The van der Waals surface area contributed by atoms with Crippen LogP contribution < -0.4 is 5.32 Å². The molecule has 3 rings (SSSR count). The van der Waals surface area contributed by atoms with E-state index in [0.29, 0.717) is 10.6 Å². The Morgan fingerprint density at radius 3 is 2.82 bits per heavy atom. The van der Waals surface area contributed by atoms with Gasteiger partial charge in [-0.25, -0.2) is 9.37 Å². The molecule has 2 heterocycles. The quantitative estimate of drug-likeness (QED) is 0.743. The highest BCUT2D eigenvalue weighted by Gasteiger charge is 2.18. The van der Waals surface area contributed by atoms with Crippen LogP contribution in [-0.4, -0.2) is 10.9 Å². The van der Waals surface area contributed by atoms with Gasteiger partial charge in [-0.2, -0.15) is 0 Å². The number of thiazole rings is 1. The van der Waals surface area contributed by atoms with Crippen LogP contribution in [0.25, 0.3) is 9.88 Å². The second-order valence-corrected chi connectivity index (χ2v) is 6.80. The van der Waals surface area contributed by atoms with E-state index in [1.807, 2.05) is 24.4 Å². The third kappa shape index (κ3) is 2.93. The van der Waals surface area contributed by atoms with Crippen molar-refractivity contribution in [2.45, 2.75) is 13.8 Å². The highest BCUT2D eigenvalue weighted by atomic mass is 32.1. The Morgan fingerprint density at radius 2 is 2.09 bits per heavy atom. The predicted octanol–water partition coefficient (Wildman–Crippen LogP) is 4.88. The maximum Gasteiger partial charge on any atom is 0.267 e. The molecule has 0 atom stereocenters. The van der Waals surface area contributed by atoms with Crippen molar-refractivity contribution in [3.8, 4) is 9.88 Å². The Bertz CT molecular complexity index is 825. The molecule has 0 fully saturated rings. The first kappa shape index (κ1) is 14.9. The highest BCUT2D eigenvalue weighted by Crippen LogP contribution is 2.31. The molecule has 0 aliphatic heterocycles. The lowest BCUT2D eigenvalue weighted by molar-refractivity contribution is 0.102. The van der Waals surface area contributed by atoms with E-state index in [0.717, 1.165) is 15.4 Å². The van der Waals surface area contributed by atoms with E-state index in [1.54, 1.807) is 30.4 Å². The molecule has 1 aromatic carbocycles. The molecule has 0 aliphatic rings. The first-order valence-electron chi connectivity index (χ1n) is 6.63. The minimum absolute atomic E-state index is 0.190. The minimum atomic E-state index is -0.445. The predicted molar refractivity (Wildman–Crippen MR) is 89.3 cm³/mol. The molecule has 6 heteroatoms. The van der Waals surface area contributed by atoms with E-state index >= 15 is 0 Å². The standard InChI is InChI=1S/C16H13FN2OS2/c1-9-5-6-11(17)12(8-9)19-15(20)14-10(2)18-16(22-14)13-4-3-7-21-13/h3-8H,1-2H3,(H,19,20). The summed E-state index contributed by atoms with van der Waals surface area (Å²) in [6.45, 7) is 3.64. The van der Waals surface area contributed by atoms with Gasteiger partial charge in [0.2, 0.25) is 0 Å². The number of carbonyl (C=O) groups is 1. The molecule has 0 saturated carbocycles. The SMILES string of the molecule is Cc1ccc(F)c(NC(=O)c2sc(-c3cccs3)nc2C)c1. The molecule has 0 radical (unpaired) electrons. The normalized spacial score (nSPS) is 10.7. The number of aromatic nitrogens is 1. The number of thiophene rings is 1. The monoisotopic (exact) mass is 332 g/mol. The van der Waals surface area contributed by atoms with Crippen molar-refractivity contribution in [3.63, 3.8) is 0 Å². The van der Waals surface area contributed by atoms with E-state index in [-0.39, 0.29) is 11.6 Å². The summed E-state index contributed by atoms with van der Waals surface area (Å²) in [5, 5.41) is 5.40. The summed E-state index contributed by atoms with van der Waals surface area (Å²) in [5.41, 5.74) is 1.73. The van der Waals surface area contributed by atoms with E-state index < -0.39 is 5.82 Å². The second-order valence-electron chi connectivity index (χ2n) is 4.85. The molecule has 0 aliphatic carbocycles. The summed E-state index contributed by atoms with van der Waals surface area (Å²) < 4.78 is 13.7. The zero-order valence-electron chi connectivity index (χ0n) is 12.0. The number of anilines is 1. The zero-order valence-corrected chi connectivity index (χ0v) is 13.6. The van der Waals surface area contributed by atoms with Gasteiger partial charge in [0.05, 0.1) is 16.3 Å². The van der Waals surface area contributed by atoms with Crippen LogP contribution in [0.3, 0.4) is 0 Å². The first-order valence-corrected chi connectivity index (χ1v) is 8.33. The largest absolute Gasteiger partial charge is 0.319 e. The lowest BCUT2D eigenvalue weighted by Crippen LogP contribution is -2.12. The number of nitrogens with zero attached hydrogens (tertiary/aromatic N) is 1. The fourth-order valence-electron chi connectivity index (χ4n) is 2.03. The smallest absolute Gasteiger partial charge is 0.267 e. The number of nitrogens with one attached hydrogen (secondary N) is 1. The van der Waals surface area contributed by atoms with Crippen molar-refractivity contribution in [2.24, 2.45) is 0 Å². The van der Waals surface area contributed by atoms with Crippen LogP contribution in [0.5, 0.6) is 0 Å². The fourth-order valence-corrected chi connectivity index (χ4v) is 3.79. The van der Waals surface area contributed by atoms with Crippen LogP contribution >= 0.6 is 22.7 Å². The van der Waals surface area contributed by atoms with Gasteiger partial charge in [0.25, 0.3) is 5.91 Å². The molecule has 0 bridgehead atoms. The molecular weight excluding hydrogens is 319 g/mol. The van der Waals surface area contributed by atoms with Crippen LogP contribution in [0.4, 0.5) is 10.1 Å². The van der Waals surface area contributed by atoms with E-state index in [4.69, 9.17) is 0 Å². The molecule has 112 valence electrons. The summed E-state index contributed by atoms with van der Waals surface area (Å²) in [6.07, 6.45) is 0. The van der Waals surface area contributed by atoms with Crippen molar-refractivity contribution in [2.75, 3.05) is 5.32 Å². The summed E-state index contributed by atoms with van der Waals surface area (Å²) in [6, 6.07) is 8.53. The number of hydrogen-bond donors (Lipinski definition) is 1. The number of hydrogen-bond acceptors (Lipinski definition) is 4. The van der Waals surface area contributed by atoms with Crippen LogP contribution in [0.15, 0.2) is 35.7 Å². The molecular formula is C16H13FN2OS2. The molecule has 1 amide bonds. The first-order chi connectivity index (χ1) is 10.5. The van der Waals surface area contributed by atoms with Crippen molar-refractivity contribution in [1.82, 2.24) is 4.98 Å². The number of amides is 1. The Labute approximate surface area is 135 Å². The van der Waals surface area contributed by atoms with Crippen molar-refractivity contribution in [1.29, 1.82) is 0 Å². The molecule has 1 N–H and O–H groups in total. The van der Waals surface area contributed by atoms with Crippen LogP contribution in [0, 0.1) is 19.7 Å². The number of carbonyl (C=O) groups excluding carboxylic acids is 1. The Kier molecular flexibility index (Phi) is 4.04. The van der Waals surface area contributed by atoms with Crippen molar-refractivity contribution >= 4 is 34.3 Å². The molecule has 3 nitrogen and oxygen atoms in total. The van der Waals surface area contributed by atoms with Gasteiger partial charge >= 0.3 is 0 Å². The van der Waals surface area contributed by atoms with Gasteiger partial charge < -0.3 is 5.32 Å². The Morgan fingerprint density at radius 1 is 1.27 bits per heavy atom. The molecule has 0 saturated heterocycles. The highest BCUT2D eigenvalue weighted by molar-refractivity contribution is 7.22. The number of halogens is 1. The summed E-state index contributed by atoms with van der Waals surface area (Å²) in [4.78, 5) is 18.3. The zero-order chi connectivity index (χ0) is 15.7. The lowest BCUT2D eigenvalue weighted by atomic mass is 10.2. The maximum absolute atomic E-state index is 13.7. The minimum Gasteiger partial charge on any atom is -0.319 e. The van der Waals surface area contributed by atoms with Gasteiger partial charge in [-0.3, -0.25) is 4.79 Å². The van der Waals surface area contributed by atoms with Crippen LogP contribution in [0.2, 0.25) is 0 Å². The summed E-state index contributed by atoms with van der Waals surface area (Å²) in [7, 11) is 0. The van der Waals surface area contributed by atoms with Crippen molar-refractivity contribution < 1.29 is 9.18 Å². The van der Waals surface area contributed by atoms with Gasteiger partial charge in [-0.05, 0) is 43.0 Å². The molecule has 3 aromatic rings. The molecule has 0 unspecified atom stereocenters. The van der Waals surface area contributed by atoms with Crippen LogP contribution in [0.1, 0.15) is 20.9 Å². The second kappa shape index (κ2) is 5.98. The van der Waals surface area contributed by atoms with E-state index in [2.05, 4.69) is 10.3 Å². The topological polar surface area (TPSA) is 42.0 Å². The van der Waals surface area contributed by atoms with E-state index in [1.165, 1.54) is 17.4 Å². The summed E-state index contributed by atoms with van der Waals surface area (Å²) in [5.74, 6) is -0.776. The average Bonchev–Trinajstić information content (AvgIpc) is 3.11. The third-order valence-corrected chi connectivity index (χ3v) is 5.30. The van der Waals surface area contributed by atoms with Crippen LogP contribution in [-0.2, 0) is 0 Å². The van der Waals surface area contributed by atoms with Crippen molar-refractivity contribution in [3.05, 3.63) is 57.7 Å². The number of rotatable bonds is 3. The fraction of sp³-hybridized carbons (Fsp3) is 0.125. The van der Waals surface area contributed by atoms with Gasteiger partial charge in [0.1, 0.15) is 15.7 Å². The third-order valence-electron chi connectivity index (χ3n) is 3.10. The number of aryl methyl sites for hydroxylation is 2. The lowest BCUT2D eigenvalue weighted by Gasteiger charge is -2.06. The van der Waals surface area contributed by atoms with E-state index in [9.17, 15) is 9.18 Å². The van der Waals surface area contributed by atoms with Gasteiger partial charge in [-0.15, -0.1) is 22.7 Å². The number of benzene rings is 1. The molecule has 0 spiro atoms. The molecule has 2 aromatic heterocycles.